The topological polar surface area (TPSA) is 54.9 Å². The molecule has 0 saturated heterocycles. The number of amides is 1. The number of hydrogen-bond donors (Lipinski definition) is 1. The third kappa shape index (κ3) is 3.59. The van der Waals surface area contributed by atoms with Gasteiger partial charge in [0.25, 0.3) is 5.91 Å². The zero-order valence-corrected chi connectivity index (χ0v) is 15.7. The molecule has 1 aromatic heterocycles. The molecule has 6 heteroatoms. The molecule has 3 aromatic rings. The molecule has 0 bridgehead atoms. The molecule has 1 aliphatic rings. The maximum Gasteiger partial charge on any atom is 0.251 e. The summed E-state index contributed by atoms with van der Waals surface area (Å²) in [7, 11) is 0. The van der Waals surface area contributed by atoms with Gasteiger partial charge in [-0.05, 0) is 54.7 Å². The van der Waals surface area contributed by atoms with Gasteiger partial charge in [0.2, 0.25) is 6.43 Å². The average molecular weight is 381 g/mol. The first-order chi connectivity index (χ1) is 13.4. The molecular weight excluding hydrogens is 360 g/mol. The molecule has 2 aromatic carbocycles. The standard InChI is InChI=1S/C22H21F2N3O/c1-12-3-4-15(22(28)26-17-6-7-17)10-19(12)14-5-8-18-16(9-14)11-25-27-20(18)13(2)21(23)24/h3-5,8-11,13,17,21H,6-7H2,1-2H3,(H,26,28)/t13-/m0/s1. The zero-order chi connectivity index (χ0) is 19.8. The van der Waals surface area contributed by atoms with E-state index in [2.05, 4.69) is 15.5 Å². The molecule has 144 valence electrons. The van der Waals surface area contributed by atoms with Gasteiger partial charge < -0.3 is 5.32 Å². The lowest BCUT2D eigenvalue weighted by Gasteiger charge is -2.14. The lowest BCUT2D eigenvalue weighted by molar-refractivity contribution is 0.0951. The lowest BCUT2D eigenvalue weighted by Crippen LogP contribution is -2.25. The van der Waals surface area contributed by atoms with Crippen LogP contribution in [0.25, 0.3) is 21.9 Å². The number of carbonyl (C=O) groups excluding carboxylic acids is 1. The molecule has 0 unspecified atom stereocenters. The maximum absolute atomic E-state index is 13.1. The lowest BCUT2D eigenvalue weighted by atomic mass is 9.94. The minimum Gasteiger partial charge on any atom is -0.349 e. The Kier molecular flexibility index (Phi) is 4.79. The van der Waals surface area contributed by atoms with E-state index >= 15 is 0 Å². The second-order valence-electron chi connectivity index (χ2n) is 7.43. The maximum atomic E-state index is 13.1. The van der Waals surface area contributed by atoms with Gasteiger partial charge in [-0.2, -0.15) is 10.2 Å². The largest absolute Gasteiger partial charge is 0.349 e. The number of hydrogen-bond acceptors (Lipinski definition) is 3. The molecule has 1 fully saturated rings. The quantitative estimate of drug-likeness (QED) is 0.686. The van der Waals surface area contributed by atoms with Crippen molar-refractivity contribution in [2.75, 3.05) is 0 Å². The SMILES string of the molecule is Cc1ccc(C(=O)NC2CC2)cc1-c1ccc2c([C@H](C)C(F)F)nncc2c1. The highest BCUT2D eigenvalue weighted by Gasteiger charge is 2.24. The van der Waals surface area contributed by atoms with Gasteiger partial charge >= 0.3 is 0 Å². The summed E-state index contributed by atoms with van der Waals surface area (Å²) >= 11 is 0. The molecule has 0 radical (unpaired) electrons. The van der Waals surface area contributed by atoms with E-state index in [1.165, 1.54) is 6.92 Å². The van der Waals surface area contributed by atoms with Crippen molar-refractivity contribution < 1.29 is 13.6 Å². The van der Waals surface area contributed by atoms with Crippen LogP contribution in [0, 0.1) is 6.92 Å². The Bertz CT molecular complexity index is 1050. The number of carbonyl (C=O) groups is 1. The normalized spacial score (nSPS) is 15.0. The first-order valence-electron chi connectivity index (χ1n) is 9.39. The van der Waals surface area contributed by atoms with E-state index in [0.29, 0.717) is 22.7 Å². The number of nitrogens with one attached hydrogen (secondary N) is 1. The van der Waals surface area contributed by atoms with Gasteiger partial charge in [-0.15, -0.1) is 0 Å². The van der Waals surface area contributed by atoms with Crippen molar-refractivity contribution in [2.24, 2.45) is 0 Å². The van der Waals surface area contributed by atoms with Crippen LogP contribution in [0.15, 0.2) is 42.6 Å². The molecule has 0 aliphatic heterocycles. The van der Waals surface area contributed by atoms with E-state index < -0.39 is 12.3 Å². The van der Waals surface area contributed by atoms with Crippen molar-refractivity contribution in [1.82, 2.24) is 15.5 Å². The van der Waals surface area contributed by atoms with E-state index in [1.807, 2.05) is 43.3 Å². The molecule has 1 N–H and O–H groups in total. The fourth-order valence-corrected chi connectivity index (χ4v) is 3.30. The van der Waals surface area contributed by atoms with Gasteiger partial charge in [0.1, 0.15) is 0 Å². The zero-order valence-electron chi connectivity index (χ0n) is 15.7. The summed E-state index contributed by atoms with van der Waals surface area (Å²) in [5, 5.41) is 12.3. The summed E-state index contributed by atoms with van der Waals surface area (Å²) in [4.78, 5) is 12.4. The van der Waals surface area contributed by atoms with Crippen LogP contribution < -0.4 is 5.32 Å². The molecule has 1 saturated carbocycles. The van der Waals surface area contributed by atoms with Gasteiger partial charge in [-0.3, -0.25) is 4.79 Å². The van der Waals surface area contributed by atoms with Crippen molar-refractivity contribution in [3.8, 4) is 11.1 Å². The van der Waals surface area contributed by atoms with Crippen LogP contribution in [0.5, 0.6) is 0 Å². The Balaban J connectivity index is 1.74. The van der Waals surface area contributed by atoms with Gasteiger partial charge in [0, 0.05) is 22.4 Å². The van der Waals surface area contributed by atoms with Gasteiger partial charge in [0.05, 0.1) is 17.8 Å². The monoisotopic (exact) mass is 381 g/mol. The molecular formula is C22H21F2N3O. The second kappa shape index (κ2) is 7.26. The number of aromatic nitrogens is 2. The summed E-state index contributed by atoms with van der Waals surface area (Å²) < 4.78 is 26.3. The predicted molar refractivity (Wildman–Crippen MR) is 105 cm³/mol. The fraction of sp³-hybridized carbons (Fsp3) is 0.318. The van der Waals surface area contributed by atoms with Crippen LogP contribution >= 0.6 is 0 Å². The van der Waals surface area contributed by atoms with Crippen LogP contribution in [0.1, 0.15) is 47.3 Å². The van der Waals surface area contributed by atoms with Gasteiger partial charge in [0.15, 0.2) is 0 Å². The average Bonchev–Trinajstić information content (AvgIpc) is 3.50. The summed E-state index contributed by atoms with van der Waals surface area (Å²) in [5.74, 6) is -1.05. The van der Waals surface area contributed by atoms with Gasteiger partial charge in [-0.1, -0.05) is 25.1 Å². The molecule has 1 aliphatic carbocycles. The van der Waals surface area contributed by atoms with Crippen LogP contribution in [-0.2, 0) is 0 Å². The summed E-state index contributed by atoms with van der Waals surface area (Å²) in [6.45, 7) is 3.44. The molecule has 28 heavy (non-hydrogen) atoms. The van der Waals surface area contributed by atoms with Crippen molar-refractivity contribution in [2.45, 2.75) is 45.1 Å². The first kappa shape index (κ1) is 18.5. The number of aryl methyl sites for hydroxylation is 1. The van der Waals surface area contributed by atoms with Gasteiger partial charge in [-0.25, -0.2) is 8.78 Å². The van der Waals surface area contributed by atoms with Crippen molar-refractivity contribution in [1.29, 1.82) is 0 Å². The highest BCUT2D eigenvalue weighted by atomic mass is 19.3. The number of nitrogens with zero attached hydrogens (tertiary/aromatic N) is 2. The minimum atomic E-state index is -2.50. The Hall–Kier alpha value is -2.89. The molecule has 1 amide bonds. The van der Waals surface area contributed by atoms with Crippen molar-refractivity contribution >= 4 is 16.7 Å². The van der Waals surface area contributed by atoms with Crippen LogP contribution in [0.3, 0.4) is 0 Å². The molecule has 4 nitrogen and oxygen atoms in total. The van der Waals surface area contributed by atoms with E-state index in [0.717, 1.165) is 34.9 Å². The summed E-state index contributed by atoms with van der Waals surface area (Å²) in [6, 6.07) is 11.5. The highest BCUT2D eigenvalue weighted by molar-refractivity contribution is 5.97. The number of halogens is 2. The van der Waals surface area contributed by atoms with Crippen molar-refractivity contribution in [3.05, 3.63) is 59.4 Å². The van der Waals surface area contributed by atoms with Crippen molar-refractivity contribution in [3.63, 3.8) is 0 Å². The third-order valence-corrected chi connectivity index (χ3v) is 5.22. The molecule has 1 atom stereocenters. The number of rotatable bonds is 5. The summed E-state index contributed by atoms with van der Waals surface area (Å²) in [6.07, 6.45) is 1.16. The fourth-order valence-electron chi connectivity index (χ4n) is 3.30. The Labute approximate surface area is 162 Å². The predicted octanol–water partition coefficient (Wildman–Crippen LogP) is 4.87. The number of fused-ring (bicyclic) bond motifs is 1. The van der Waals surface area contributed by atoms with E-state index in [1.54, 1.807) is 6.20 Å². The highest BCUT2D eigenvalue weighted by Crippen LogP contribution is 2.32. The second-order valence-corrected chi connectivity index (χ2v) is 7.43. The first-order valence-corrected chi connectivity index (χ1v) is 9.39. The third-order valence-electron chi connectivity index (χ3n) is 5.22. The van der Waals surface area contributed by atoms with E-state index in [9.17, 15) is 13.6 Å². The van der Waals surface area contributed by atoms with E-state index in [4.69, 9.17) is 0 Å². The number of benzene rings is 2. The van der Waals surface area contributed by atoms with Crippen LogP contribution in [-0.4, -0.2) is 28.6 Å². The molecule has 1 heterocycles. The van der Waals surface area contributed by atoms with Crippen LogP contribution in [0.2, 0.25) is 0 Å². The van der Waals surface area contributed by atoms with E-state index in [-0.39, 0.29) is 5.91 Å². The summed E-state index contributed by atoms with van der Waals surface area (Å²) in [5.41, 5.74) is 3.80. The smallest absolute Gasteiger partial charge is 0.251 e. The molecule has 4 rings (SSSR count). The molecule has 0 spiro atoms. The number of alkyl halides is 2. The van der Waals surface area contributed by atoms with Crippen LogP contribution in [0.4, 0.5) is 8.78 Å². The minimum absolute atomic E-state index is 0.0662. The Morgan fingerprint density at radius 2 is 1.96 bits per heavy atom. The Morgan fingerprint density at radius 1 is 1.18 bits per heavy atom. The Morgan fingerprint density at radius 3 is 2.68 bits per heavy atom.